The van der Waals surface area contributed by atoms with Crippen LogP contribution in [0.3, 0.4) is 0 Å². The molecule has 4 aromatic rings. The van der Waals surface area contributed by atoms with Gasteiger partial charge in [-0.15, -0.1) is 0 Å². The topological polar surface area (TPSA) is 46.9 Å². The lowest BCUT2D eigenvalue weighted by atomic mass is 10.1. The summed E-state index contributed by atoms with van der Waals surface area (Å²) in [5.74, 6) is -0.305. The number of imidazole rings is 1. The Hall–Kier alpha value is -3.19. The van der Waals surface area contributed by atoms with Crippen LogP contribution in [0.25, 0.3) is 11.0 Å². The number of anilines is 1. The summed E-state index contributed by atoms with van der Waals surface area (Å²) in [4.78, 5) is 17.4. The molecule has 4 rings (SSSR count). The van der Waals surface area contributed by atoms with Crippen LogP contribution in [0.1, 0.15) is 17.4 Å². The number of carbonyl (C=O) groups excluding carboxylic acids is 1. The summed E-state index contributed by atoms with van der Waals surface area (Å²) in [5, 5.41) is 2.21. The highest BCUT2D eigenvalue weighted by Gasteiger charge is 2.27. The zero-order valence-corrected chi connectivity index (χ0v) is 16.0. The second kappa shape index (κ2) is 8.45. The highest BCUT2D eigenvalue weighted by atomic mass is 32.2. The summed E-state index contributed by atoms with van der Waals surface area (Å²) in [6.45, 7) is -2.77. The van der Waals surface area contributed by atoms with Gasteiger partial charge in [-0.05, 0) is 29.8 Å². The molecule has 1 unspecified atom stereocenters. The molecule has 0 aliphatic heterocycles. The van der Waals surface area contributed by atoms with Crippen LogP contribution in [-0.4, -0.2) is 15.5 Å². The normalized spacial score (nSPS) is 12.2. The monoisotopic (exact) mass is 409 g/mol. The number of thioether (sulfide) groups is 1. The number of alkyl halides is 2. The summed E-state index contributed by atoms with van der Waals surface area (Å²) in [5.41, 5.74) is 2.14. The van der Waals surface area contributed by atoms with Gasteiger partial charge in [0.05, 0.1) is 11.0 Å². The van der Waals surface area contributed by atoms with Gasteiger partial charge < -0.3 is 5.32 Å². The van der Waals surface area contributed by atoms with E-state index in [1.54, 1.807) is 48.5 Å². The van der Waals surface area contributed by atoms with Gasteiger partial charge in [0, 0.05) is 5.69 Å². The van der Waals surface area contributed by atoms with Crippen molar-refractivity contribution >= 4 is 34.4 Å². The van der Waals surface area contributed by atoms with Crippen molar-refractivity contribution in [2.45, 2.75) is 17.0 Å². The first-order valence-electron chi connectivity index (χ1n) is 8.96. The lowest BCUT2D eigenvalue weighted by molar-refractivity contribution is -0.115. The van der Waals surface area contributed by atoms with E-state index in [0.717, 1.165) is 16.3 Å². The lowest BCUT2D eigenvalue weighted by Gasteiger charge is -2.17. The molecule has 1 amide bonds. The third-order valence-corrected chi connectivity index (χ3v) is 5.58. The van der Waals surface area contributed by atoms with Crippen molar-refractivity contribution < 1.29 is 13.6 Å². The third-order valence-electron chi connectivity index (χ3n) is 4.36. The zero-order valence-electron chi connectivity index (χ0n) is 15.2. The Kier molecular flexibility index (Phi) is 5.57. The Balaban J connectivity index is 1.72. The standard InChI is InChI=1S/C22H17F2N3OS/c23-21(24)27-18-14-8-7-13-17(18)26-22(27)29-19(15-9-3-1-4-10-15)20(28)25-16-11-5-2-6-12-16/h1-14,19,21H,(H,25,28). The van der Waals surface area contributed by atoms with E-state index in [4.69, 9.17) is 0 Å². The molecule has 0 saturated heterocycles. The van der Waals surface area contributed by atoms with Crippen LogP contribution in [-0.2, 0) is 4.79 Å². The zero-order chi connectivity index (χ0) is 20.2. The summed E-state index contributed by atoms with van der Waals surface area (Å²) in [7, 11) is 0. The molecule has 29 heavy (non-hydrogen) atoms. The number of hydrogen-bond donors (Lipinski definition) is 1. The molecule has 0 spiro atoms. The van der Waals surface area contributed by atoms with E-state index in [0.29, 0.717) is 22.3 Å². The number of rotatable bonds is 6. The maximum absolute atomic E-state index is 13.8. The minimum Gasteiger partial charge on any atom is -0.325 e. The number of halogens is 2. The van der Waals surface area contributed by atoms with Crippen LogP contribution in [0.2, 0.25) is 0 Å². The second-order valence-corrected chi connectivity index (χ2v) is 7.37. The lowest BCUT2D eigenvalue weighted by Crippen LogP contribution is -2.19. The Morgan fingerprint density at radius 1 is 0.897 bits per heavy atom. The van der Waals surface area contributed by atoms with E-state index in [1.165, 1.54) is 0 Å². The van der Waals surface area contributed by atoms with Gasteiger partial charge in [-0.25, -0.2) is 4.98 Å². The molecule has 4 nitrogen and oxygen atoms in total. The van der Waals surface area contributed by atoms with Gasteiger partial charge in [0.15, 0.2) is 5.16 Å². The molecule has 0 aliphatic carbocycles. The molecule has 1 N–H and O–H groups in total. The van der Waals surface area contributed by atoms with Gasteiger partial charge in [-0.3, -0.25) is 9.36 Å². The van der Waals surface area contributed by atoms with Crippen LogP contribution in [0, 0.1) is 0 Å². The number of nitrogens with one attached hydrogen (secondary N) is 1. The molecule has 1 aromatic heterocycles. The Morgan fingerprint density at radius 3 is 2.21 bits per heavy atom. The van der Waals surface area contributed by atoms with Crippen molar-refractivity contribution in [3.8, 4) is 0 Å². The molecule has 0 saturated carbocycles. The third kappa shape index (κ3) is 4.14. The number of aromatic nitrogens is 2. The van der Waals surface area contributed by atoms with Crippen molar-refractivity contribution in [2.24, 2.45) is 0 Å². The summed E-state index contributed by atoms with van der Waals surface area (Å²) in [6.07, 6.45) is 0. The van der Waals surface area contributed by atoms with Gasteiger partial charge in [0.2, 0.25) is 5.91 Å². The minimum absolute atomic E-state index is 0.0956. The number of fused-ring (bicyclic) bond motifs is 1. The van der Waals surface area contributed by atoms with Crippen molar-refractivity contribution in [1.29, 1.82) is 0 Å². The average Bonchev–Trinajstić information content (AvgIpc) is 3.11. The first kappa shape index (κ1) is 19.1. The van der Waals surface area contributed by atoms with Crippen LogP contribution in [0.5, 0.6) is 0 Å². The van der Waals surface area contributed by atoms with Crippen molar-refractivity contribution in [3.63, 3.8) is 0 Å². The van der Waals surface area contributed by atoms with Gasteiger partial charge >= 0.3 is 6.55 Å². The molecular formula is C22H17F2N3OS. The number of nitrogens with zero attached hydrogens (tertiary/aromatic N) is 2. The van der Waals surface area contributed by atoms with Gasteiger partial charge in [0.1, 0.15) is 5.25 Å². The quantitative estimate of drug-likeness (QED) is 0.403. The van der Waals surface area contributed by atoms with Crippen LogP contribution < -0.4 is 5.32 Å². The Bertz CT molecular complexity index is 1120. The molecule has 7 heteroatoms. The number of amides is 1. The summed E-state index contributed by atoms with van der Waals surface area (Å²) >= 11 is 1.01. The molecule has 0 bridgehead atoms. The molecule has 1 heterocycles. The minimum atomic E-state index is -2.77. The van der Waals surface area contributed by atoms with Crippen LogP contribution in [0.15, 0.2) is 90.1 Å². The molecule has 3 aromatic carbocycles. The van der Waals surface area contributed by atoms with Crippen LogP contribution >= 0.6 is 11.8 Å². The Labute approximate surface area is 170 Å². The SMILES string of the molecule is O=C(Nc1ccccc1)C(Sc1nc2ccccc2n1C(F)F)c1ccccc1. The first-order chi connectivity index (χ1) is 14.1. The fraction of sp³-hybridized carbons (Fsp3) is 0.0909. The van der Waals surface area contributed by atoms with E-state index in [9.17, 15) is 13.6 Å². The predicted octanol–water partition coefficient (Wildman–Crippen LogP) is 5.90. The van der Waals surface area contributed by atoms with E-state index in [2.05, 4.69) is 10.3 Å². The van der Waals surface area contributed by atoms with E-state index in [-0.39, 0.29) is 11.1 Å². The van der Waals surface area contributed by atoms with Gasteiger partial charge in [-0.2, -0.15) is 8.78 Å². The fourth-order valence-corrected chi connectivity index (χ4v) is 4.14. The van der Waals surface area contributed by atoms with E-state index in [1.807, 2.05) is 36.4 Å². The van der Waals surface area contributed by atoms with Crippen molar-refractivity contribution in [1.82, 2.24) is 9.55 Å². The first-order valence-corrected chi connectivity index (χ1v) is 9.84. The highest BCUT2D eigenvalue weighted by molar-refractivity contribution is 8.00. The molecular weight excluding hydrogens is 392 g/mol. The van der Waals surface area contributed by atoms with Gasteiger partial charge in [0.25, 0.3) is 0 Å². The predicted molar refractivity (Wildman–Crippen MR) is 111 cm³/mol. The second-order valence-electron chi connectivity index (χ2n) is 6.29. The maximum atomic E-state index is 13.8. The molecule has 146 valence electrons. The fourth-order valence-electron chi connectivity index (χ4n) is 3.03. The van der Waals surface area contributed by atoms with E-state index < -0.39 is 11.8 Å². The molecule has 0 aliphatic rings. The highest BCUT2D eigenvalue weighted by Crippen LogP contribution is 2.39. The number of para-hydroxylation sites is 3. The maximum Gasteiger partial charge on any atom is 0.321 e. The summed E-state index contributed by atoms with van der Waals surface area (Å²) < 4.78 is 28.5. The molecule has 0 fully saturated rings. The number of hydrogen-bond acceptors (Lipinski definition) is 3. The molecule has 1 atom stereocenters. The Morgan fingerprint density at radius 2 is 1.52 bits per heavy atom. The average molecular weight is 409 g/mol. The van der Waals surface area contributed by atoms with Crippen LogP contribution in [0.4, 0.5) is 14.5 Å². The number of carbonyl (C=O) groups is 1. The van der Waals surface area contributed by atoms with Crippen molar-refractivity contribution in [3.05, 3.63) is 90.5 Å². The van der Waals surface area contributed by atoms with Crippen molar-refractivity contribution in [2.75, 3.05) is 5.32 Å². The summed E-state index contributed by atoms with van der Waals surface area (Å²) in [6, 6.07) is 24.8. The largest absolute Gasteiger partial charge is 0.325 e. The van der Waals surface area contributed by atoms with Gasteiger partial charge in [-0.1, -0.05) is 72.4 Å². The smallest absolute Gasteiger partial charge is 0.321 e. The van der Waals surface area contributed by atoms with E-state index >= 15 is 0 Å². The number of benzene rings is 3. The molecule has 0 radical (unpaired) electrons.